The van der Waals surface area contributed by atoms with Crippen LogP contribution in [-0.4, -0.2) is 17.8 Å². The van der Waals surface area contributed by atoms with Crippen molar-refractivity contribution in [2.75, 3.05) is 12.4 Å². The molecule has 0 unspecified atom stereocenters. The molecule has 0 amide bonds. The van der Waals surface area contributed by atoms with Gasteiger partial charge in [0.2, 0.25) is 5.82 Å². The molecule has 2 N–H and O–H groups in total. The van der Waals surface area contributed by atoms with Crippen LogP contribution in [0.5, 0.6) is 5.75 Å². The molecule has 2 aromatic rings. The molecular weight excluding hydrogens is 324 g/mol. The first-order chi connectivity index (χ1) is 11.8. The number of benzene rings is 2. The number of aliphatic hydroxyl groups is 1. The molecule has 0 aromatic heterocycles. The van der Waals surface area contributed by atoms with E-state index >= 15 is 0 Å². The van der Waals surface area contributed by atoms with Gasteiger partial charge in [-0.25, -0.2) is 4.39 Å². The van der Waals surface area contributed by atoms with Gasteiger partial charge in [0.1, 0.15) is 0 Å². The van der Waals surface area contributed by atoms with Gasteiger partial charge in [0.15, 0.2) is 11.6 Å². The third-order valence-corrected chi connectivity index (χ3v) is 4.44. The number of ether oxygens (including phenoxy) is 1. The lowest BCUT2D eigenvalue weighted by Gasteiger charge is -2.33. The van der Waals surface area contributed by atoms with E-state index in [9.17, 15) is 13.9 Å². The van der Waals surface area contributed by atoms with Crippen LogP contribution in [0, 0.1) is 11.6 Å². The van der Waals surface area contributed by atoms with Crippen molar-refractivity contribution in [1.82, 2.24) is 0 Å². The third-order valence-electron chi connectivity index (χ3n) is 4.44. The highest BCUT2D eigenvalue weighted by Gasteiger charge is 2.27. The predicted molar refractivity (Wildman–Crippen MR) is 95.6 cm³/mol. The molecule has 1 aliphatic rings. The van der Waals surface area contributed by atoms with E-state index < -0.39 is 11.6 Å². The molecule has 0 saturated heterocycles. The highest BCUT2D eigenvalue weighted by molar-refractivity contribution is 5.88. The number of fused-ring (bicyclic) bond motifs is 1. The fourth-order valence-corrected chi connectivity index (χ4v) is 3.56. The van der Waals surface area contributed by atoms with Crippen molar-refractivity contribution in [3.63, 3.8) is 0 Å². The summed E-state index contributed by atoms with van der Waals surface area (Å²) in [6, 6.07) is 6.22. The van der Waals surface area contributed by atoms with Gasteiger partial charge in [-0.05, 0) is 55.7 Å². The average Bonchev–Trinajstić information content (AvgIpc) is 2.55. The standard InChI is InChI=1S/C20H21F2NO2/c1-11-9-20(2,3)23-16-8-6-12(14(10-24)17(11)16)13-5-7-15(21)18(22)19(13)25-4/h5-9,23-24H,10H2,1-4H3. The third kappa shape index (κ3) is 2.89. The van der Waals surface area contributed by atoms with Gasteiger partial charge in [-0.3, -0.25) is 0 Å². The van der Waals surface area contributed by atoms with E-state index in [2.05, 4.69) is 25.2 Å². The fraction of sp³-hybridized carbons (Fsp3) is 0.300. The summed E-state index contributed by atoms with van der Waals surface area (Å²) in [5.74, 6) is -2.17. The first kappa shape index (κ1) is 17.4. The molecule has 0 atom stereocenters. The van der Waals surface area contributed by atoms with E-state index in [1.54, 1.807) is 6.07 Å². The Morgan fingerprint density at radius 3 is 2.44 bits per heavy atom. The zero-order valence-electron chi connectivity index (χ0n) is 14.7. The van der Waals surface area contributed by atoms with E-state index in [0.717, 1.165) is 22.9 Å². The zero-order valence-corrected chi connectivity index (χ0v) is 14.7. The summed E-state index contributed by atoms with van der Waals surface area (Å²) in [7, 11) is 1.30. The molecule has 3 nitrogen and oxygen atoms in total. The predicted octanol–water partition coefficient (Wildman–Crippen LogP) is 4.74. The number of methoxy groups -OCH3 is 1. The second kappa shape index (κ2) is 6.15. The number of rotatable bonds is 3. The molecule has 0 bridgehead atoms. The monoisotopic (exact) mass is 345 g/mol. The summed E-state index contributed by atoms with van der Waals surface area (Å²) in [4.78, 5) is 0. The Morgan fingerprint density at radius 1 is 1.12 bits per heavy atom. The average molecular weight is 345 g/mol. The Hall–Kier alpha value is -2.40. The molecule has 0 spiro atoms. The molecule has 1 aliphatic heterocycles. The van der Waals surface area contributed by atoms with Gasteiger partial charge < -0.3 is 15.2 Å². The van der Waals surface area contributed by atoms with Crippen molar-refractivity contribution < 1.29 is 18.6 Å². The number of hydrogen-bond donors (Lipinski definition) is 2. The molecular formula is C20H21F2NO2. The lowest BCUT2D eigenvalue weighted by atomic mass is 9.85. The van der Waals surface area contributed by atoms with Gasteiger partial charge in [0.05, 0.1) is 19.3 Å². The summed E-state index contributed by atoms with van der Waals surface area (Å²) < 4.78 is 32.7. The number of aliphatic hydroxyl groups excluding tert-OH is 1. The van der Waals surface area contributed by atoms with Gasteiger partial charge >= 0.3 is 0 Å². The Morgan fingerprint density at radius 2 is 1.80 bits per heavy atom. The maximum atomic E-state index is 14.1. The summed E-state index contributed by atoms with van der Waals surface area (Å²) >= 11 is 0. The van der Waals surface area contributed by atoms with E-state index in [1.165, 1.54) is 13.2 Å². The molecule has 3 rings (SSSR count). The number of nitrogens with one attached hydrogen (secondary N) is 1. The first-order valence-corrected chi connectivity index (χ1v) is 8.06. The van der Waals surface area contributed by atoms with E-state index in [-0.39, 0.29) is 17.9 Å². The smallest absolute Gasteiger partial charge is 0.201 e. The van der Waals surface area contributed by atoms with Gasteiger partial charge in [0, 0.05) is 16.8 Å². The van der Waals surface area contributed by atoms with E-state index in [0.29, 0.717) is 16.7 Å². The van der Waals surface area contributed by atoms with Crippen LogP contribution >= 0.6 is 0 Å². The maximum absolute atomic E-state index is 14.1. The molecule has 0 radical (unpaired) electrons. The Bertz CT molecular complexity index is 872. The molecule has 0 saturated carbocycles. The van der Waals surface area contributed by atoms with Crippen LogP contribution in [0.1, 0.15) is 31.9 Å². The van der Waals surface area contributed by atoms with Gasteiger partial charge in [-0.15, -0.1) is 0 Å². The van der Waals surface area contributed by atoms with Crippen LogP contribution in [-0.2, 0) is 6.61 Å². The van der Waals surface area contributed by atoms with Crippen LogP contribution in [0.4, 0.5) is 14.5 Å². The second-order valence-electron chi connectivity index (χ2n) is 6.79. The van der Waals surface area contributed by atoms with Crippen molar-refractivity contribution in [1.29, 1.82) is 0 Å². The van der Waals surface area contributed by atoms with Gasteiger partial charge in [0.25, 0.3) is 0 Å². The van der Waals surface area contributed by atoms with Crippen molar-refractivity contribution in [2.45, 2.75) is 32.9 Å². The summed E-state index contributed by atoms with van der Waals surface area (Å²) in [5.41, 5.74) is 4.28. The summed E-state index contributed by atoms with van der Waals surface area (Å²) in [6.45, 7) is 5.87. The van der Waals surface area contributed by atoms with Crippen LogP contribution < -0.4 is 10.1 Å². The highest BCUT2D eigenvalue weighted by Crippen LogP contribution is 2.43. The van der Waals surface area contributed by atoms with Crippen LogP contribution in [0.2, 0.25) is 0 Å². The van der Waals surface area contributed by atoms with Crippen molar-refractivity contribution >= 4 is 11.3 Å². The lowest BCUT2D eigenvalue weighted by Crippen LogP contribution is -2.31. The first-order valence-electron chi connectivity index (χ1n) is 8.06. The summed E-state index contributed by atoms with van der Waals surface area (Å²) in [5, 5.41) is 13.4. The number of anilines is 1. The Balaban J connectivity index is 2.28. The molecule has 2 aromatic carbocycles. The molecule has 1 heterocycles. The Kier molecular flexibility index (Phi) is 4.29. The molecule has 25 heavy (non-hydrogen) atoms. The Labute approximate surface area is 146 Å². The largest absolute Gasteiger partial charge is 0.493 e. The highest BCUT2D eigenvalue weighted by atomic mass is 19.2. The minimum atomic E-state index is -1.03. The van der Waals surface area contributed by atoms with Crippen molar-refractivity contribution in [2.24, 2.45) is 0 Å². The van der Waals surface area contributed by atoms with Gasteiger partial charge in [-0.1, -0.05) is 12.1 Å². The van der Waals surface area contributed by atoms with Crippen LogP contribution in [0.25, 0.3) is 16.7 Å². The number of halogens is 2. The molecule has 0 aliphatic carbocycles. The zero-order chi connectivity index (χ0) is 18.4. The number of hydrogen-bond acceptors (Lipinski definition) is 3. The maximum Gasteiger partial charge on any atom is 0.201 e. The SMILES string of the molecule is COc1c(-c2ccc3c(c2CO)C(C)=CC(C)(C)N3)ccc(F)c1F. The summed E-state index contributed by atoms with van der Waals surface area (Å²) in [6.07, 6.45) is 2.08. The quantitative estimate of drug-likeness (QED) is 0.844. The normalized spacial score (nSPS) is 15.2. The van der Waals surface area contributed by atoms with E-state index in [4.69, 9.17) is 4.74 Å². The molecule has 132 valence electrons. The van der Waals surface area contributed by atoms with E-state index in [1.807, 2.05) is 13.0 Å². The topological polar surface area (TPSA) is 41.5 Å². The van der Waals surface area contributed by atoms with Crippen LogP contribution in [0.3, 0.4) is 0 Å². The van der Waals surface area contributed by atoms with Crippen molar-refractivity contribution in [3.8, 4) is 16.9 Å². The lowest BCUT2D eigenvalue weighted by molar-refractivity contribution is 0.282. The fourth-order valence-electron chi connectivity index (χ4n) is 3.56. The van der Waals surface area contributed by atoms with Crippen LogP contribution in [0.15, 0.2) is 30.3 Å². The van der Waals surface area contributed by atoms with Crippen molar-refractivity contribution in [3.05, 3.63) is 53.1 Å². The second-order valence-corrected chi connectivity index (χ2v) is 6.79. The minimum absolute atomic E-state index is 0.166. The molecule has 0 fully saturated rings. The number of allylic oxidation sites excluding steroid dienone is 1. The molecule has 5 heteroatoms. The van der Waals surface area contributed by atoms with Gasteiger partial charge in [-0.2, -0.15) is 4.39 Å². The minimum Gasteiger partial charge on any atom is -0.493 e.